The number of nitriles is 1. The van der Waals surface area contributed by atoms with Crippen LogP contribution in [0.15, 0.2) is 41.3 Å². The van der Waals surface area contributed by atoms with Gasteiger partial charge in [-0.1, -0.05) is 32.0 Å². The van der Waals surface area contributed by atoms with Crippen LogP contribution in [0.2, 0.25) is 0 Å². The average Bonchev–Trinajstić information content (AvgIpc) is 3.40. The van der Waals surface area contributed by atoms with Crippen molar-refractivity contribution in [3.63, 3.8) is 0 Å². The largest absolute Gasteiger partial charge is 0.493 e. The molecule has 34 heavy (non-hydrogen) atoms. The summed E-state index contributed by atoms with van der Waals surface area (Å²) in [5, 5.41) is 21.5. The molecule has 1 aliphatic heterocycles. The SMILES string of the molecule is CCC(C)(CC(O)(Cc1[nH]c2ccccc2c1C#N)C(F)(F)F)c1cc(SC)cc2c1OCC2. The van der Waals surface area contributed by atoms with Gasteiger partial charge in [-0.05, 0) is 48.3 Å². The number of aromatic amines is 1. The predicted molar refractivity (Wildman–Crippen MR) is 127 cm³/mol. The third-order valence-corrected chi connectivity index (χ3v) is 7.71. The Hall–Kier alpha value is -2.63. The molecule has 4 nitrogen and oxygen atoms in total. The van der Waals surface area contributed by atoms with E-state index in [4.69, 9.17) is 4.74 Å². The van der Waals surface area contributed by atoms with E-state index in [0.717, 1.165) is 10.5 Å². The van der Waals surface area contributed by atoms with Crippen LogP contribution in [-0.2, 0) is 18.3 Å². The van der Waals surface area contributed by atoms with Gasteiger partial charge < -0.3 is 14.8 Å². The fourth-order valence-corrected chi connectivity index (χ4v) is 5.41. The van der Waals surface area contributed by atoms with Gasteiger partial charge in [0, 0.05) is 39.9 Å². The molecule has 2 unspecified atom stereocenters. The Labute approximate surface area is 201 Å². The lowest BCUT2D eigenvalue weighted by Gasteiger charge is -2.40. The third kappa shape index (κ3) is 4.16. The first-order valence-electron chi connectivity index (χ1n) is 11.2. The first kappa shape index (κ1) is 24.5. The van der Waals surface area contributed by atoms with Crippen molar-refractivity contribution in [2.24, 2.45) is 0 Å². The van der Waals surface area contributed by atoms with Crippen LogP contribution in [0, 0.1) is 11.3 Å². The highest BCUT2D eigenvalue weighted by atomic mass is 32.2. The number of rotatable bonds is 7. The first-order valence-corrected chi connectivity index (χ1v) is 12.4. The van der Waals surface area contributed by atoms with Gasteiger partial charge in [-0.25, -0.2) is 0 Å². The zero-order valence-corrected chi connectivity index (χ0v) is 20.2. The summed E-state index contributed by atoms with van der Waals surface area (Å²) < 4.78 is 49.4. The Morgan fingerprint density at radius 2 is 1.97 bits per heavy atom. The van der Waals surface area contributed by atoms with E-state index in [1.165, 1.54) is 11.8 Å². The molecule has 1 aliphatic rings. The number of aliphatic hydroxyl groups is 1. The molecule has 3 aromatic rings. The second kappa shape index (κ2) is 8.86. The number of benzene rings is 2. The van der Waals surface area contributed by atoms with Gasteiger partial charge in [0.15, 0.2) is 5.60 Å². The van der Waals surface area contributed by atoms with Crippen molar-refractivity contribution in [1.29, 1.82) is 5.26 Å². The number of halogens is 3. The lowest BCUT2D eigenvalue weighted by atomic mass is 9.70. The quantitative estimate of drug-likeness (QED) is 0.384. The van der Waals surface area contributed by atoms with Gasteiger partial charge >= 0.3 is 6.18 Å². The van der Waals surface area contributed by atoms with Crippen molar-refractivity contribution in [2.75, 3.05) is 12.9 Å². The van der Waals surface area contributed by atoms with Gasteiger partial charge in [0.2, 0.25) is 0 Å². The summed E-state index contributed by atoms with van der Waals surface area (Å²) in [7, 11) is 0. The van der Waals surface area contributed by atoms with Crippen LogP contribution in [0.5, 0.6) is 5.75 Å². The first-order chi connectivity index (χ1) is 16.0. The predicted octanol–water partition coefficient (Wildman–Crippen LogP) is 6.29. The topological polar surface area (TPSA) is 69.0 Å². The molecule has 0 amide bonds. The highest BCUT2D eigenvalue weighted by molar-refractivity contribution is 7.98. The Bertz CT molecular complexity index is 1260. The molecule has 0 bridgehead atoms. The molecule has 2 aromatic carbocycles. The van der Waals surface area contributed by atoms with Crippen molar-refractivity contribution in [3.8, 4) is 11.8 Å². The number of ether oxygens (including phenoxy) is 1. The second-order valence-corrected chi connectivity index (χ2v) is 10.1. The number of aromatic nitrogens is 1. The van der Waals surface area contributed by atoms with Crippen LogP contribution >= 0.6 is 11.8 Å². The van der Waals surface area contributed by atoms with Crippen molar-refractivity contribution in [2.45, 2.75) is 61.6 Å². The molecule has 1 aromatic heterocycles. The summed E-state index contributed by atoms with van der Waals surface area (Å²) >= 11 is 1.53. The average molecular weight is 489 g/mol. The van der Waals surface area contributed by atoms with Crippen LogP contribution in [0.25, 0.3) is 10.9 Å². The highest BCUT2D eigenvalue weighted by Gasteiger charge is 2.57. The molecule has 2 atom stereocenters. The number of H-pyrrole nitrogens is 1. The third-order valence-electron chi connectivity index (χ3n) is 7.00. The Balaban J connectivity index is 1.80. The zero-order valence-electron chi connectivity index (χ0n) is 19.3. The number of nitrogens with zero attached hydrogens (tertiary/aromatic N) is 1. The standard InChI is InChI=1S/C26H27F3N2O2S/c1-4-24(2,20-12-17(34-3)11-16-9-10-33-23(16)20)15-25(32,26(27,28)29)13-22-19(14-30)18-7-5-6-8-21(18)31-22/h5-8,11-12,31-32H,4,9-10,13,15H2,1-3H3. The molecule has 8 heteroatoms. The number of alkyl halides is 3. The lowest BCUT2D eigenvalue weighted by molar-refractivity contribution is -0.267. The molecule has 0 fully saturated rings. The number of para-hydroxylation sites is 1. The highest BCUT2D eigenvalue weighted by Crippen LogP contribution is 2.49. The van der Waals surface area contributed by atoms with Gasteiger partial charge in [0.1, 0.15) is 11.8 Å². The molecule has 0 radical (unpaired) electrons. The molecule has 2 N–H and O–H groups in total. The Kier molecular flexibility index (Phi) is 6.38. The van der Waals surface area contributed by atoms with Crippen LogP contribution in [0.3, 0.4) is 0 Å². The Morgan fingerprint density at radius 3 is 2.62 bits per heavy atom. The number of fused-ring (bicyclic) bond motifs is 2. The van der Waals surface area contributed by atoms with Gasteiger partial charge in [0.25, 0.3) is 0 Å². The minimum Gasteiger partial charge on any atom is -0.493 e. The van der Waals surface area contributed by atoms with E-state index in [2.05, 4.69) is 4.98 Å². The normalized spacial score (nSPS) is 17.0. The fraction of sp³-hybridized carbons (Fsp3) is 0.423. The minimum atomic E-state index is -4.91. The number of hydrogen-bond acceptors (Lipinski definition) is 4. The molecular formula is C26H27F3N2O2S. The van der Waals surface area contributed by atoms with Gasteiger partial charge in [-0.15, -0.1) is 11.8 Å². The van der Waals surface area contributed by atoms with E-state index in [9.17, 15) is 23.5 Å². The van der Waals surface area contributed by atoms with E-state index in [-0.39, 0.29) is 11.3 Å². The van der Waals surface area contributed by atoms with Gasteiger partial charge in [0.05, 0.1) is 12.2 Å². The van der Waals surface area contributed by atoms with E-state index in [1.807, 2.05) is 31.4 Å². The summed E-state index contributed by atoms with van der Waals surface area (Å²) in [5.41, 5.74) is -1.61. The summed E-state index contributed by atoms with van der Waals surface area (Å²) in [6.07, 6.45) is -3.20. The van der Waals surface area contributed by atoms with Gasteiger partial charge in [-0.3, -0.25) is 0 Å². The summed E-state index contributed by atoms with van der Waals surface area (Å²) in [4.78, 5) is 3.89. The summed E-state index contributed by atoms with van der Waals surface area (Å²) in [6.45, 7) is 4.07. The van der Waals surface area contributed by atoms with Crippen molar-refractivity contribution < 1.29 is 23.0 Å². The monoisotopic (exact) mass is 488 g/mol. The van der Waals surface area contributed by atoms with Crippen molar-refractivity contribution in [1.82, 2.24) is 4.98 Å². The maximum absolute atomic E-state index is 14.5. The molecule has 0 saturated heterocycles. The van der Waals surface area contributed by atoms with Crippen LogP contribution in [0.1, 0.15) is 49.1 Å². The van der Waals surface area contributed by atoms with Crippen molar-refractivity contribution >= 4 is 22.7 Å². The molecule has 0 spiro atoms. The zero-order chi connectivity index (χ0) is 24.7. The maximum atomic E-state index is 14.5. The van der Waals surface area contributed by atoms with Crippen molar-refractivity contribution in [3.05, 3.63) is 58.8 Å². The van der Waals surface area contributed by atoms with E-state index >= 15 is 0 Å². The van der Waals surface area contributed by atoms with E-state index in [1.54, 1.807) is 31.2 Å². The lowest BCUT2D eigenvalue weighted by Crippen LogP contribution is -2.51. The number of nitrogens with one attached hydrogen (secondary N) is 1. The molecule has 0 saturated carbocycles. The van der Waals surface area contributed by atoms with Crippen LogP contribution < -0.4 is 4.74 Å². The maximum Gasteiger partial charge on any atom is 0.417 e. The van der Waals surface area contributed by atoms with E-state index in [0.29, 0.717) is 41.7 Å². The molecule has 4 rings (SSSR count). The Morgan fingerprint density at radius 1 is 1.24 bits per heavy atom. The smallest absolute Gasteiger partial charge is 0.417 e. The molecule has 0 aliphatic carbocycles. The molecule has 2 heterocycles. The number of thioether (sulfide) groups is 1. The fourth-order valence-electron chi connectivity index (χ4n) is 4.91. The minimum absolute atomic E-state index is 0.0846. The summed E-state index contributed by atoms with van der Waals surface area (Å²) in [5.74, 6) is 0.634. The second-order valence-electron chi connectivity index (χ2n) is 9.19. The van der Waals surface area contributed by atoms with E-state index < -0.39 is 30.0 Å². The van der Waals surface area contributed by atoms with Crippen LogP contribution in [-0.4, -0.2) is 34.7 Å². The van der Waals surface area contributed by atoms with Gasteiger partial charge in [-0.2, -0.15) is 18.4 Å². The summed E-state index contributed by atoms with van der Waals surface area (Å²) in [6, 6.07) is 12.8. The molecular weight excluding hydrogens is 461 g/mol. The molecule has 180 valence electrons. The number of hydrogen-bond donors (Lipinski definition) is 2. The van der Waals surface area contributed by atoms with Crippen LogP contribution in [0.4, 0.5) is 13.2 Å².